The number of aryl methyl sites for hydroxylation is 1. The van der Waals surface area contributed by atoms with E-state index in [1.165, 1.54) is 0 Å². The Kier molecular flexibility index (Phi) is 8.13. The fraction of sp³-hybridized carbons (Fsp3) is 0.290. The van der Waals surface area contributed by atoms with Crippen LogP contribution in [0.2, 0.25) is 0 Å². The zero-order chi connectivity index (χ0) is 27.2. The van der Waals surface area contributed by atoms with Gasteiger partial charge in [-0.15, -0.1) is 0 Å². The van der Waals surface area contributed by atoms with Gasteiger partial charge in [-0.25, -0.2) is 0 Å². The van der Waals surface area contributed by atoms with Gasteiger partial charge in [0.2, 0.25) is 0 Å². The summed E-state index contributed by atoms with van der Waals surface area (Å²) in [6, 6.07) is 23.4. The van der Waals surface area contributed by atoms with E-state index in [1.807, 2.05) is 67.6 Å². The van der Waals surface area contributed by atoms with Gasteiger partial charge in [0, 0.05) is 25.4 Å². The topological polar surface area (TPSA) is 96.8 Å². The number of nitrogens with zero attached hydrogens (tertiary/aromatic N) is 1. The van der Waals surface area contributed by atoms with E-state index in [-0.39, 0.29) is 24.5 Å². The van der Waals surface area contributed by atoms with E-state index in [0.717, 1.165) is 29.7 Å². The minimum absolute atomic E-state index is 0.0319. The van der Waals surface area contributed by atoms with Gasteiger partial charge in [0.1, 0.15) is 23.0 Å². The van der Waals surface area contributed by atoms with Crippen LogP contribution in [0.3, 0.4) is 0 Å². The molecule has 2 amide bonds. The van der Waals surface area contributed by atoms with Crippen LogP contribution in [0.1, 0.15) is 46.5 Å². The maximum atomic E-state index is 14.1. The quantitative estimate of drug-likeness (QED) is 0.293. The van der Waals surface area contributed by atoms with Crippen molar-refractivity contribution < 1.29 is 23.5 Å². The minimum atomic E-state index is -0.988. The molecule has 4 aromatic rings. The van der Waals surface area contributed by atoms with Crippen molar-refractivity contribution in [1.29, 1.82) is 0 Å². The summed E-state index contributed by atoms with van der Waals surface area (Å²) in [6.45, 7) is 3.07. The van der Waals surface area contributed by atoms with E-state index in [0.29, 0.717) is 36.1 Å². The normalized spacial score (nSPS) is 15.6. The highest BCUT2D eigenvalue weighted by molar-refractivity contribution is 5.97. The molecule has 2 N–H and O–H groups in total. The van der Waals surface area contributed by atoms with Crippen molar-refractivity contribution >= 4 is 11.8 Å². The van der Waals surface area contributed by atoms with Crippen molar-refractivity contribution in [2.45, 2.75) is 38.5 Å². The molecule has 3 heterocycles. The highest BCUT2D eigenvalue weighted by Crippen LogP contribution is 2.29. The number of carbonyl (C=O) groups is 2. The predicted octanol–water partition coefficient (Wildman–Crippen LogP) is 5.27. The average molecular weight is 528 g/mol. The summed E-state index contributed by atoms with van der Waals surface area (Å²) >= 11 is 0. The van der Waals surface area contributed by atoms with Gasteiger partial charge in [-0.1, -0.05) is 42.5 Å². The van der Waals surface area contributed by atoms with Crippen molar-refractivity contribution in [2.24, 2.45) is 0 Å². The highest BCUT2D eigenvalue weighted by Gasteiger charge is 2.35. The summed E-state index contributed by atoms with van der Waals surface area (Å²) in [5.74, 6) is 1.12. The zero-order valence-corrected chi connectivity index (χ0v) is 22.2. The van der Waals surface area contributed by atoms with E-state index >= 15 is 0 Å². The van der Waals surface area contributed by atoms with Gasteiger partial charge in [0.25, 0.3) is 11.8 Å². The molecule has 0 bridgehead atoms. The summed E-state index contributed by atoms with van der Waals surface area (Å²) < 4.78 is 16.9. The number of ether oxygens (including phenoxy) is 2. The van der Waals surface area contributed by atoms with E-state index in [9.17, 15) is 9.59 Å². The molecule has 1 fully saturated rings. The molecule has 0 saturated carbocycles. The standard InChI is InChI=1S/C31H33N3O5/c1-21-10-17-28(39-21)29(30(35)32-19-25-9-6-18-38-25)34(20-22-11-13-24(37-2)14-12-22)31(36)27-16-15-26(33-27)23-7-4-3-5-8-23/h3-5,7-8,10-17,25,29,33H,6,9,18-20H2,1-2H3,(H,32,35)/t25-,29+/m1/s1. The van der Waals surface area contributed by atoms with Crippen LogP contribution in [0.5, 0.6) is 5.75 Å². The number of rotatable bonds is 10. The van der Waals surface area contributed by atoms with Gasteiger partial charge in [-0.3, -0.25) is 9.59 Å². The van der Waals surface area contributed by atoms with Gasteiger partial charge in [0.15, 0.2) is 6.04 Å². The first-order chi connectivity index (χ1) is 19.0. The smallest absolute Gasteiger partial charge is 0.271 e. The Balaban J connectivity index is 1.49. The molecule has 2 aromatic heterocycles. The van der Waals surface area contributed by atoms with E-state index in [2.05, 4.69) is 10.3 Å². The first-order valence-corrected chi connectivity index (χ1v) is 13.2. The van der Waals surface area contributed by atoms with Crippen molar-refractivity contribution in [3.63, 3.8) is 0 Å². The Morgan fingerprint density at radius 3 is 2.51 bits per heavy atom. The van der Waals surface area contributed by atoms with Crippen molar-refractivity contribution in [2.75, 3.05) is 20.3 Å². The molecule has 1 aliphatic heterocycles. The lowest BCUT2D eigenvalue weighted by Crippen LogP contribution is -2.45. The van der Waals surface area contributed by atoms with Gasteiger partial charge < -0.3 is 29.1 Å². The molecule has 8 heteroatoms. The number of aromatic nitrogens is 1. The lowest BCUT2D eigenvalue weighted by Gasteiger charge is -2.30. The summed E-state index contributed by atoms with van der Waals surface area (Å²) in [5, 5.41) is 3.01. The number of furan rings is 1. The maximum Gasteiger partial charge on any atom is 0.271 e. The third-order valence-electron chi connectivity index (χ3n) is 6.89. The van der Waals surface area contributed by atoms with Gasteiger partial charge in [-0.05, 0) is 67.3 Å². The van der Waals surface area contributed by atoms with Gasteiger partial charge in [-0.2, -0.15) is 0 Å². The molecule has 1 aliphatic rings. The van der Waals surface area contributed by atoms with E-state index in [1.54, 1.807) is 30.2 Å². The molecule has 0 aliphatic carbocycles. The Morgan fingerprint density at radius 1 is 1.05 bits per heavy atom. The number of H-pyrrole nitrogens is 1. The molecule has 202 valence electrons. The first-order valence-electron chi connectivity index (χ1n) is 13.2. The molecule has 1 saturated heterocycles. The second kappa shape index (κ2) is 12.0. The summed E-state index contributed by atoms with van der Waals surface area (Å²) in [5.41, 5.74) is 3.00. The van der Waals surface area contributed by atoms with Gasteiger partial charge >= 0.3 is 0 Å². The van der Waals surface area contributed by atoms with Crippen LogP contribution in [0, 0.1) is 6.92 Å². The van der Waals surface area contributed by atoms with Crippen LogP contribution in [0.25, 0.3) is 11.3 Å². The SMILES string of the molecule is COc1ccc(CN(C(=O)c2ccc(-c3ccccc3)[nH]2)[C@H](C(=O)NC[C@H]2CCCO2)c2ccc(C)o2)cc1. The summed E-state index contributed by atoms with van der Waals surface area (Å²) in [6.07, 6.45) is 1.83. The van der Waals surface area contributed by atoms with Crippen LogP contribution in [0.4, 0.5) is 0 Å². The maximum absolute atomic E-state index is 14.1. The van der Waals surface area contributed by atoms with E-state index in [4.69, 9.17) is 13.9 Å². The van der Waals surface area contributed by atoms with Crippen molar-refractivity contribution in [1.82, 2.24) is 15.2 Å². The highest BCUT2D eigenvalue weighted by atomic mass is 16.5. The molecular formula is C31H33N3O5. The molecule has 8 nitrogen and oxygen atoms in total. The average Bonchev–Trinajstić information content (AvgIpc) is 3.75. The fourth-order valence-corrected chi connectivity index (χ4v) is 4.81. The number of nitrogens with one attached hydrogen (secondary N) is 2. The van der Waals surface area contributed by atoms with Gasteiger partial charge in [0.05, 0.1) is 13.2 Å². The number of benzene rings is 2. The van der Waals surface area contributed by atoms with Crippen LogP contribution in [0.15, 0.2) is 83.3 Å². The minimum Gasteiger partial charge on any atom is -0.497 e. The largest absolute Gasteiger partial charge is 0.497 e. The fourth-order valence-electron chi connectivity index (χ4n) is 4.81. The molecule has 2 aromatic carbocycles. The number of aromatic amines is 1. The molecule has 0 unspecified atom stereocenters. The Morgan fingerprint density at radius 2 is 1.85 bits per heavy atom. The summed E-state index contributed by atoms with van der Waals surface area (Å²) in [4.78, 5) is 32.7. The molecule has 2 atom stereocenters. The molecule has 39 heavy (non-hydrogen) atoms. The lowest BCUT2D eigenvalue weighted by molar-refractivity contribution is -0.127. The third-order valence-corrected chi connectivity index (χ3v) is 6.89. The van der Waals surface area contributed by atoms with Crippen LogP contribution in [-0.2, 0) is 16.1 Å². The van der Waals surface area contributed by atoms with Crippen molar-refractivity contribution in [3.05, 3.63) is 102 Å². The number of amides is 2. The predicted molar refractivity (Wildman–Crippen MR) is 147 cm³/mol. The van der Waals surface area contributed by atoms with Crippen molar-refractivity contribution in [3.8, 4) is 17.0 Å². The second-order valence-electron chi connectivity index (χ2n) is 9.66. The zero-order valence-electron chi connectivity index (χ0n) is 22.2. The lowest BCUT2D eigenvalue weighted by atomic mass is 10.1. The monoisotopic (exact) mass is 527 g/mol. The van der Waals surface area contributed by atoms with Crippen LogP contribution >= 0.6 is 0 Å². The Bertz CT molecular complexity index is 1390. The number of hydrogen-bond donors (Lipinski definition) is 2. The Labute approximate surface area is 227 Å². The first kappa shape index (κ1) is 26.3. The second-order valence-corrected chi connectivity index (χ2v) is 9.66. The summed E-state index contributed by atoms with van der Waals surface area (Å²) in [7, 11) is 1.61. The molecule has 0 radical (unpaired) electrons. The molecular weight excluding hydrogens is 494 g/mol. The number of methoxy groups -OCH3 is 1. The number of hydrogen-bond acceptors (Lipinski definition) is 5. The van der Waals surface area contributed by atoms with Crippen LogP contribution in [-0.4, -0.2) is 48.1 Å². The molecule has 5 rings (SSSR count). The van der Waals surface area contributed by atoms with E-state index < -0.39 is 6.04 Å². The third kappa shape index (κ3) is 6.23. The van der Waals surface area contributed by atoms with Crippen LogP contribution < -0.4 is 10.1 Å². The number of carbonyl (C=O) groups excluding carboxylic acids is 2. The Hall–Kier alpha value is -4.30. The molecule has 0 spiro atoms.